The molecule has 4 heteroatoms. The summed E-state index contributed by atoms with van der Waals surface area (Å²) in [5.74, 6) is 1.20. The third-order valence-corrected chi connectivity index (χ3v) is 6.64. The van der Waals surface area contributed by atoms with E-state index < -0.39 is 0 Å². The highest BCUT2D eigenvalue weighted by Gasteiger charge is 2.15. The van der Waals surface area contributed by atoms with E-state index in [9.17, 15) is 9.59 Å². The second-order valence-corrected chi connectivity index (χ2v) is 10.1. The van der Waals surface area contributed by atoms with Crippen LogP contribution in [0.25, 0.3) is 0 Å². The van der Waals surface area contributed by atoms with Crippen LogP contribution in [0.15, 0.2) is 0 Å². The van der Waals surface area contributed by atoms with Crippen LogP contribution in [0.2, 0.25) is 0 Å². The Morgan fingerprint density at radius 2 is 1.00 bits per heavy atom. The van der Waals surface area contributed by atoms with Crippen molar-refractivity contribution < 1.29 is 19.1 Å². The van der Waals surface area contributed by atoms with Crippen LogP contribution in [-0.4, -0.2) is 25.2 Å². The van der Waals surface area contributed by atoms with Crippen molar-refractivity contribution in [2.24, 2.45) is 11.8 Å². The second kappa shape index (κ2) is 24.1. The molecule has 4 nitrogen and oxygen atoms in total. The van der Waals surface area contributed by atoms with E-state index in [1.165, 1.54) is 64.2 Å². The van der Waals surface area contributed by atoms with Crippen molar-refractivity contribution in [3.63, 3.8) is 0 Å². The molecule has 0 bridgehead atoms. The number of rotatable bonds is 24. The molecule has 0 aromatic rings. The first-order valence-corrected chi connectivity index (χ1v) is 14.3. The quantitative estimate of drug-likeness (QED) is 0.105. The molecule has 1 atom stereocenters. The van der Waals surface area contributed by atoms with Crippen molar-refractivity contribution >= 4 is 11.9 Å². The van der Waals surface area contributed by atoms with Gasteiger partial charge in [0.25, 0.3) is 0 Å². The number of carbonyl (C=O) groups excluding carboxylic acids is 2. The van der Waals surface area contributed by atoms with Gasteiger partial charge in [-0.25, -0.2) is 0 Å². The fourth-order valence-electron chi connectivity index (χ4n) is 4.25. The summed E-state index contributed by atoms with van der Waals surface area (Å²) in [4.78, 5) is 23.7. The average Bonchev–Trinajstić information content (AvgIpc) is 2.79. The number of ether oxygens (including phenoxy) is 2. The van der Waals surface area contributed by atoms with Crippen LogP contribution in [0.4, 0.5) is 0 Å². The molecular weight excluding hydrogens is 412 g/mol. The van der Waals surface area contributed by atoms with Crippen molar-refractivity contribution in [2.45, 2.75) is 150 Å². The van der Waals surface area contributed by atoms with Gasteiger partial charge < -0.3 is 9.47 Å². The SMILES string of the molecule is CCCCCCOC(=O)CCCCCCCCCC(CCC(=O)OCCCCCC)C(C)C. The van der Waals surface area contributed by atoms with Crippen molar-refractivity contribution in [3.05, 3.63) is 0 Å². The van der Waals surface area contributed by atoms with Gasteiger partial charge in [0.2, 0.25) is 0 Å². The molecule has 0 aliphatic rings. The summed E-state index contributed by atoms with van der Waals surface area (Å²) in [6, 6.07) is 0. The molecule has 0 saturated heterocycles. The Balaban J connectivity index is 3.61. The minimum Gasteiger partial charge on any atom is -0.466 e. The summed E-state index contributed by atoms with van der Waals surface area (Å²) >= 11 is 0. The second-order valence-electron chi connectivity index (χ2n) is 10.1. The third kappa shape index (κ3) is 22.5. The number of esters is 2. The van der Waals surface area contributed by atoms with Crippen molar-refractivity contribution in [3.8, 4) is 0 Å². The molecule has 0 heterocycles. The van der Waals surface area contributed by atoms with E-state index in [0.717, 1.165) is 44.9 Å². The van der Waals surface area contributed by atoms with Gasteiger partial charge in [0.15, 0.2) is 0 Å². The van der Waals surface area contributed by atoms with Gasteiger partial charge in [-0.15, -0.1) is 0 Å². The lowest BCUT2D eigenvalue weighted by Crippen LogP contribution is -2.13. The zero-order chi connectivity index (χ0) is 24.6. The monoisotopic (exact) mass is 468 g/mol. The average molecular weight is 469 g/mol. The first-order valence-electron chi connectivity index (χ1n) is 14.3. The standard InChI is InChI=1S/C29H56O4/c1-5-7-9-18-24-32-28(30)21-17-15-13-11-12-14-16-20-27(26(3)4)22-23-29(31)33-25-19-10-8-6-2/h26-27H,5-25H2,1-4H3. The van der Waals surface area contributed by atoms with Gasteiger partial charge in [-0.3, -0.25) is 9.59 Å². The Hall–Kier alpha value is -1.06. The number of hydrogen-bond acceptors (Lipinski definition) is 4. The lowest BCUT2D eigenvalue weighted by molar-refractivity contribution is -0.145. The molecule has 0 radical (unpaired) electrons. The van der Waals surface area contributed by atoms with E-state index >= 15 is 0 Å². The first-order chi connectivity index (χ1) is 16.0. The lowest BCUT2D eigenvalue weighted by atomic mass is 9.86. The molecule has 0 aromatic heterocycles. The summed E-state index contributed by atoms with van der Waals surface area (Å²) in [6.45, 7) is 10.1. The predicted octanol–water partition coefficient (Wildman–Crippen LogP) is 8.80. The van der Waals surface area contributed by atoms with Gasteiger partial charge >= 0.3 is 11.9 Å². The smallest absolute Gasteiger partial charge is 0.305 e. The zero-order valence-corrected chi connectivity index (χ0v) is 22.6. The number of hydrogen-bond donors (Lipinski definition) is 0. The van der Waals surface area contributed by atoms with Gasteiger partial charge in [0.05, 0.1) is 13.2 Å². The highest BCUT2D eigenvalue weighted by Crippen LogP contribution is 2.24. The topological polar surface area (TPSA) is 52.6 Å². The van der Waals surface area contributed by atoms with E-state index in [2.05, 4.69) is 27.7 Å². The van der Waals surface area contributed by atoms with E-state index in [0.29, 0.717) is 37.9 Å². The highest BCUT2D eigenvalue weighted by molar-refractivity contribution is 5.69. The Kier molecular flexibility index (Phi) is 23.3. The van der Waals surface area contributed by atoms with Crippen LogP contribution in [0.1, 0.15) is 150 Å². The van der Waals surface area contributed by atoms with Crippen LogP contribution < -0.4 is 0 Å². The van der Waals surface area contributed by atoms with Gasteiger partial charge in [0.1, 0.15) is 0 Å². The van der Waals surface area contributed by atoms with Gasteiger partial charge in [0, 0.05) is 12.8 Å². The van der Waals surface area contributed by atoms with Gasteiger partial charge in [-0.1, -0.05) is 111 Å². The summed E-state index contributed by atoms with van der Waals surface area (Å²) < 4.78 is 10.7. The summed E-state index contributed by atoms with van der Waals surface area (Å²) in [6.07, 6.45) is 20.8. The first kappa shape index (κ1) is 31.9. The third-order valence-electron chi connectivity index (χ3n) is 6.64. The molecule has 0 aromatic carbocycles. The maximum absolute atomic E-state index is 12.0. The molecule has 0 fully saturated rings. The minimum absolute atomic E-state index is 0.0162. The molecular formula is C29H56O4. The molecule has 0 rings (SSSR count). The Morgan fingerprint density at radius 1 is 0.545 bits per heavy atom. The molecule has 1 unspecified atom stereocenters. The van der Waals surface area contributed by atoms with E-state index in [1.807, 2.05) is 0 Å². The van der Waals surface area contributed by atoms with Crippen LogP contribution in [0, 0.1) is 11.8 Å². The van der Waals surface area contributed by atoms with E-state index in [-0.39, 0.29) is 11.9 Å². The predicted molar refractivity (Wildman–Crippen MR) is 139 cm³/mol. The van der Waals surface area contributed by atoms with Crippen LogP contribution in [-0.2, 0) is 19.1 Å². The largest absolute Gasteiger partial charge is 0.466 e. The number of unbranched alkanes of at least 4 members (excludes halogenated alkanes) is 12. The Morgan fingerprint density at radius 3 is 1.52 bits per heavy atom. The maximum Gasteiger partial charge on any atom is 0.305 e. The summed E-state index contributed by atoms with van der Waals surface area (Å²) in [5, 5.41) is 0. The van der Waals surface area contributed by atoms with Gasteiger partial charge in [-0.05, 0) is 37.5 Å². The van der Waals surface area contributed by atoms with Crippen LogP contribution >= 0.6 is 0 Å². The van der Waals surface area contributed by atoms with Crippen LogP contribution in [0.5, 0.6) is 0 Å². The van der Waals surface area contributed by atoms with Gasteiger partial charge in [-0.2, -0.15) is 0 Å². The van der Waals surface area contributed by atoms with Crippen molar-refractivity contribution in [1.29, 1.82) is 0 Å². The molecule has 0 spiro atoms. The molecule has 0 amide bonds. The van der Waals surface area contributed by atoms with E-state index in [1.54, 1.807) is 0 Å². The van der Waals surface area contributed by atoms with Crippen molar-refractivity contribution in [2.75, 3.05) is 13.2 Å². The lowest BCUT2D eigenvalue weighted by Gasteiger charge is -2.20. The molecule has 33 heavy (non-hydrogen) atoms. The summed E-state index contributed by atoms with van der Waals surface area (Å²) in [7, 11) is 0. The number of carbonyl (C=O) groups is 2. The fourth-order valence-corrected chi connectivity index (χ4v) is 4.25. The minimum atomic E-state index is -0.0217. The Bertz CT molecular complexity index is 447. The van der Waals surface area contributed by atoms with E-state index in [4.69, 9.17) is 9.47 Å². The molecule has 0 saturated carbocycles. The molecule has 0 aliphatic carbocycles. The zero-order valence-electron chi connectivity index (χ0n) is 22.6. The maximum atomic E-state index is 12.0. The summed E-state index contributed by atoms with van der Waals surface area (Å²) in [5.41, 5.74) is 0. The van der Waals surface area contributed by atoms with Crippen LogP contribution in [0.3, 0.4) is 0 Å². The molecule has 0 N–H and O–H groups in total. The highest BCUT2D eigenvalue weighted by atomic mass is 16.5. The van der Waals surface area contributed by atoms with Crippen molar-refractivity contribution in [1.82, 2.24) is 0 Å². The molecule has 196 valence electrons. The molecule has 0 aliphatic heterocycles. The normalized spacial score (nSPS) is 12.2. The fraction of sp³-hybridized carbons (Fsp3) is 0.931. The Labute approximate surface area is 206 Å².